The Morgan fingerprint density at radius 2 is 0.828 bits per heavy atom. The van der Waals surface area contributed by atoms with Crippen LogP contribution in [0.3, 0.4) is 0 Å². The molecule has 8 heteroatoms. The molecule has 176 valence electrons. The lowest BCUT2D eigenvalue weighted by molar-refractivity contribution is -0.110. The Balaban J connectivity index is 4.54. The first-order valence-corrected chi connectivity index (χ1v) is 11.0. The molecule has 0 rings (SSSR count). The van der Waals surface area contributed by atoms with Crippen molar-refractivity contribution in [2.45, 2.75) is 45.4 Å². The monoisotopic (exact) mass is 424 g/mol. The zero-order chi connectivity index (χ0) is 21.5. The third-order valence-electron chi connectivity index (χ3n) is 4.19. The molecule has 8 nitrogen and oxygen atoms in total. The summed E-state index contributed by atoms with van der Waals surface area (Å²) in [7, 11) is 0. The van der Waals surface area contributed by atoms with E-state index in [9.17, 15) is 0 Å². The molecular formula is C21H44O8. The van der Waals surface area contributed by atoms with Gasteiger partial charge in [-0.25, -0.2) is 0 Å². The van der Waals surface area contributed by atoms with Crippen LogP contribution in [0.1, 0.15) is 45.4 Å². The van der Waals surface area contributed by atoms with Gasteiger partial charge in [0.1, 0.15) is 0 Å². The highest BCUT2D eigenvalue weighted by Gasteiger charge is 2.32. The fourth-order valence-corrected chi connectivity index (χ4v) is 2.52. The minimum Gasteiger partial charge on any atom is -0.396 e. The van der Waals surface area contributed by atoms with Gasteiger partial charge in [-0.15, -0.1) is 0 Å². The number of rotatable bonds is 24. The predicted molar refractivity (Wildman–Crippen MR) is 111 cm³/mol. The van der Waals surface area contributed by atoms with Crippen molar-refractivity contribution in [3.8, 4) is 0 Å². The molecule has 0 atom stereocenters. The van der Waals surface area contributed by atoms with E-state index in [1.54, 1.807) is 0 Å². The first-order valence-electron chi connectivity index (χ1n) is 11.0. The second-order valence-electron chi connectivity index (χ2n) is 7.26. The number of aliphatic hydroxyl groups excluding tert-OH is 3. The van der Waals surface area contributed by atoms with Crippen LogP contribution in [0.5, 0.6) is 0 Å². The second kappa shape index (κ2) is 22.4. The first kappa shape index (κ1) is 28.7. The average Bonchev–Trinajstić information content (AvgIpc) is 2.73. The van der Waals surface area contributed by atoms with E-state index in [2.05, 4.69) is 6.92 Å². The van der Waals surface area contributed by atoms with Crippen molar-refractivity contribution >= 4 is 0 Å². The smallest absolute Gasteiger partial charge is 0.0637 e. The molecule has 0 saturated heterocycles. The summed E-state index contributed by atoms with van der Waals surface area (Å²) in [5.41, 5.74) is -0.483. The van der Waals surface area contributed by atoms with Crippen LogP contribution in [0.25, 0.3) is 0 Å². The van der Waals surface area contributed by atoms with Crippen LogP contribution >= 0.6 is 0 Å². The van der Waals surface area contributed by atoms with Gasteiger partial charge in [-0.3, -0.25) is 0 Å². The third-order valence-corrected chi connectivity index (χ3v) is 4.19. The van der Waals surface area contributed by atoms with Gasteiger partial charge in [-0.05, 0) is 32.1 Å². The lowest BCUT2D eigenvalue weighted by atomic mass is 9.92. The van der Waals surface area contributed by atoms with Crippen LogP contribution in [-0.4, -0.2) is 101 Å². The summed E-state index contributed by atoms with van der Waals surface area (Å²) >= 11 is 0. The first-order chi connectivity index (χ1) is 14.2. The minimum absolute atomic E-state index is 0.0849. The maximum atomic E-state index is 8.96. The molecule has 3 N–H and O–H groups in total. The molecule has 0 aliphatic heterocycles. The van der Waals surface area contributed by atoms with Crippen molar-refractivity contribution in [2.75, 3.05) is 85.9 Å². The van der Waals surface area contributed by atoms with Gasteiger partial charge in [-0.2, -0.15) is 0 Å². The molecule has 0 amide bonds. The summed E-state index contributed by atoms with van der Waals surface area (Å²) in [6, 6.07) is 0. The van der Waals surface area contributed by atoms with Crippen molar-refractivity contribution < 1.29 is 39.0 Å². The molecule has 0 aliphatic rings. The Morgan fingerprint density at radius 3 is 1.21 bits per heavy atom. The highest BCUT2D eigenvalue weighted by atomic mass is 16.5. The molecule has 0 heterocycles. The number of aliphatic hydroxyl groups is 3. The number of unbranched alkanes of at least 4 members (excludes halogenated alkanes) is 1. The van der Waals surface area contributed by atoms with E-state index in [1.807, 2.05) is 0 Å². The van der Waals surface area contributed by atoms with Gasteiger partial charge in [0, 0.05) is 59.5 Å². The van der Waals surface area contributed by atoms with Crippen molar-refractivity contribution in [3.63, 3.8) is 0 Å². The van der Waals surface area contributed by atoms with Gasteiger partial charge in [0.15, 0.2) is 0 Å². The molecule has 0 saturated carbocycles. The molecule has 0 fully saturated rings. The topological polar surface area (TPSA) is 107 Å². The molecule has 0 unspecified atom stereocenters. The summed E-state index contributed by atoms with van der Waals surface area (Å²) in [4.78, 5) is 0. The van der Waals surface area contributed by atoms with Gasteiger partial charge >= 0.3 is 0 Å². The van der Waals surface area contributed by atoms with Crippen molar-refractivity contribution in [1.29, 1.82) is 0 Å². The Labute approximate surface area is 176 Å². The number of hydrogen-bond acceptors (Lipinski definition) is 8. The summed E-state index contributed by atoms with van der Waals surface area (Å²) in [5.74, 6) is 0. The summed E-state index contributed by atoms with van der Waals surface area (Å²) < 4.78 is 28.7. The van der Waals surface area contributed by atoms with E-state index >= 15 is 0 Å². The minimum atomic E-state index is -0.483. The van der Waals surface area contributed by atoms with Gasteiger partial charge in [0.25, 0.3) is 0 Å². The van der Waals surface area contributed by atoms with E-state index in [1.165, 1.54) is 0 Å². The number of hydrogen-bond donors (Lipinski definition) is 3. The van der Waals surface area contributed by atoms with Crippen molar-refractivity contribution in [3.05, 3.63) is 0 Å². The molecule has 0 radical (unpaired) electrons. The van der Waals surface area contributed by atoms with Crippen LogP contribution in [0.2, 0.25) is 0 Å². The summed E-state index contributed by atoms with van der Waals surface area (Å²) in [5, 5.41) is 26.9. The molecule has 0 spiro atoms. The third kappa shape index (κ3) is 18.2. The Morgan fingerprint density at radius 1 is 0.483 bits per heavy atom. The van der Waals surface area contributed by atoms with Gasteiger partial charge in [0.2, 0.25) is 0 Å². The zero-order valence-corrected chi connectivity index (χ0v) is 18.3. The van der Waals surface area contributed by atoms with Gasteiger partial charge in [-0.1, -0.05) is 13.3 Å². The number of ether oxygens (including phenoxy) is 5. The molecule has 0 aliphatic carbocycles. The fourth-order valence-electron chi connectivity index (χ4n) is 2.52. The van der Waals surface area contributed by atoms with Crippen LogP contribution in [0.15, 0.2) is 0 Å². The van der Waals surface area contributed by atoms with Gasteiger partial charge < -0.3 is 39.0 Å². The zero-order valence-electron chi connectivity index (χ0n) is 18.3. The largest absolute Gasteiger partial charge is 0.396 e. The van der Waals surface area contributed by atoms with Gasteiger partial charge in [0.05, 0.1) is 31.8 Å². The second-order valence-corrected chi connectivity index (χ2v) is 7.26. The summed E-state index contributed by atoms with van der Waals surface area (Å²) in [6.07, 6.45) is 4.74. The van der Waals surface area contributed by atoms with E-state index in [0.717, 1.165) is 25.9 Å². The van der Waals surface area contributed by atoms with Crippen LogP contribution < -0.4 is 0 Å². The lowest BCUT2D eigenvalue weighted by Crippen LogP contribution is -2.42. The maximum Gasteiger partial charge on any atom is 0.0637 e. The van der Waals surface area contributed by atoms with Crippen LogP contribution in [0, 0.1) is 5.41 Å². The highest BCUT2D eigenvalue weighted by Crippen LogP contribution is 2.21. The average molecular weight is 425 g/mol. The predicted octanol–water partition coefficient (Wildman–Crippen LogP) is 1.39. The molecular weight excluding hydrogens is 380 g/mol. The van der Waals surface area contributed by atoms with E-state index in [4.69, 9.17) is 39.0 Å². The Kier molecular flexibility index (Phi) is 22.1. The highest BCUT2D eigenvalue weighted by molar-refractivity contribution is 4.79. The summed E-state index contributed by atoms with van der Waals surface area (Å²) in [6.45, 7) is 7.39. The fraction of sp³-hybridized carbons (Fsp3) is 1.00. The Bertz CT molecular complexity index is 286. The maximum absolute atomic E-state index is 8.96. The van der Waals surface area contributed by atoms with E-state index in [-0.39, 0.29) is 19.8 Å². The lowest BCUT2D eigenvalue weighted by Gasteiger charge is -2.33. The van der Waals surface area contributed by atoms with E-state index in [0.29, 0.717) is 78.7 Å². The molecule has 29 heavy (non-hydrogen) atoms. The van der Waals surface area contributed by atoms with Crippen molar-refractivity contribution in [2.24, 2.45) is 5.41 Å². The SMILES string of the molecule is CCCCOCCCOCC(COCCCO)(COCCCO)COCCCO. The molecule has 0 aromatic heterocycles. The van der Waals surface area contributed by atoms with Crippen LogP contribution in [0.4, 0.5) is 0 Å². The van der Waals surface area contributed by atoms with Crippen LogP contribution in [-0.2, 0) is 23.7 Å². The standard InChI is InChI=1S/C21H44O8/c1-2-3-11-25-15-7-16-29-20-21(17-26-12-4-8-22,18-27-13-5-9-23)19-28-14-6-10-24/h22-24H,2-20H2,1H3. The Hall–Kier alpha value is -0.320. The molecule has 0 aromatic rings. The molecule has 0 bridgehead atoms. The molecule has 0 aromatic carbocycles. The van der Waals surface area contributed by atoms with Crippen molar-refractivity contribution in [1.82, 2.24) is 0 Å². The normalized spacial score (nSPS) is 12.0. The quantitative estimate of drug-likeness (QED) is 0.200. The van der Waals surface area contributed by atoms with E-state index < -0.39 is 5.41 Å².